The summed E-state index contributed by atoms with van der Waals surface area (Å²) in [6.07, 6.45) is 1.06. The van der Waals surface area contributed by atoms with Crippen molar-refractivity contribution in [1.82, 2.24) is 10.1 Å². The summed E-state index contributed by atoms with van der Waals surface area (Å²) in [5.74, 6) is 2.04. The van der Waals surface area contributed by atoms with E-state index >= 15 is 0 Å². The first kappa shape index (κ1) is 16.7. The van der Waals surface area contributed by atoms with Gasteiger partial charge in [0.25, 0.3) is 5.89 Å². The molecule has 0 spiro atoms. The zero-order chi connectivity index (χ0) is 17.4. The largest absolute Gasteiger partial charge is 0.507 e. The van der Waals surface area contributed by atoms with Gasteiger partial charge in [0.05, 0.1) is 4.88 Å². The maximum atomic E-state index is 9.91. The molecule has 0 aliphatic heterocycles. The van der Waals surface area contributed by atoms with Gasteiger partial charge in [0.15, 0.2) is 0 Å². The molecule has 0 aliphatic rings. The number of phenols is 1. The molecule has 0 radical (unpaired) electrons. The highest BCUT2D eigenvalue weighted by Crippen LogP contribution is 2.34. The van der Waals surface area contributed by atoms with Crippen LogP contribution in [0.25, 0.3) is 22.2 Å². The summed E-state index contributed by atoms with van der Waals surface area (Å²) in [5.41, 5.74) is 5.04. The number of phenolic OH excluding ortho intramolecular Hbond substituents is 1. The van der Waals surface area contributed by atoms with E-state index in [-0.39, 0.29) is 0 Å². The zero-order valence-electron chi connectivity index (χ0n) is 14.7. The highest BCUT2D eigenvalue weighted by atomic mass is 32.1. The van der Waals surface area contributed by atoms with Crippen LogP contribution in [0, 0.1) is 26.7 Å². The van der Waals surface area contributed by atoms with Crippen molar-refractivity contribution in [3.05, 3.63) is 39.8 Å². The molecule has 2 aromatic heterocycles. The fourth-order valence-electron chi connectivity index (χ4n) is 2.82. The first-order valence-electron chi connectivity index (χ1n) is 8.08. The van der Waals surface area contributed by atoms with Crippen molar-refractivity contribution < 1.29 is 9.63 Å². The molecule has 126 valence electrons. The Morgan fingerprint density at radius 2 is 1.83 bits per heavy atom. The van der Waals surface area contributed by atoms with Crippen molar-refractivity contribution >= 4 is 11.3 Å². The SMILES string of the molecule is Cc1cc(-c2noc(-c3scc(CC(C)C)c3C)n2)cc(C)c1O. The number of aromatic nitrogens is 2. The number of thiophene rings is 1. The predicted molar refractivity (Wildman–Crippen MR) is 97.5 cm³/mol. The Bertz CT molecular complexity index is 854. The molecule has 0 saturated carbocycles. The van der Waals surface area contributed by atoms with E-state index in [1.807, 2.05) is 26.0 Å². The molecular formula is C19H22N2O2S. The van der Waals surface area contributed by atoms with Gasteiger partial charge in [-0.05, 0) is 72.9 Å². The van der Waals surface area contributed by atoms with Crippen LogP contribution >= 0.6 is 11.3 Å². The third kappa shape index (κ3) is 3.08. The van der Waals surface area contributed by atoms with Crippen LogP contribution in [0.3, 0.4) is 0 Å². The van der Waals surface area contributed by atoms with Crippen molar-refractivity contribution in [1.29, 1.82) is 0 Å². The van der Waals surface area contributed by atoms with Gasteiger partial charge in [-0.2, -0.15) is 4.98 Å². The summed E-state index contributed by atoms with van der Waals surface area (Å²) in [5, 5.41) is 16.2. The fraction of sp³-hybridized carbons (Fsp3) is 0.368. The molecule has 0 aliphatic carbocycles. The van der Waals surface area contributed by atoms with Gasteiger partial charge in [-0.25, -0.2) is 0 Å². The van der Waals surface area contributed by atoms with Crippen LogP contribution in [0.4, 0.5) is 0 Å². The average molecular weight is 342 g/mol. The third-order valence-electron chi connectivity index (χ3n) is 4.14. The number of aromatic hydroxyl groups is 1. The standard InChI is InChI=1S/C19H22N2O2S/c1-10(2)6-15-9-24-17(13(15)5)19-20-18(21-23-19)14-7-11(3)16(22)12(4)8-14/h7-10,22H,6H2,1-5H3. The Morgan fingerprint density at radius 1 is 1.17 bits per heavy atom. The molecule has 4 nitrogen and oxygen atoms in total. The topological polar surface area (TPSA) is 59.2 Å². The number of hydrogen-bond donors (Lipinski definition) is 1. The van der Waals surface area contributed by atoms with Gasteiger partial charge < -0.3 is 9.63 Å². The molecule has 0 bridgehead atoms. The van der Waals surface area contributed by atoms with Crippen LogP contribution in [0.1, 0.15) is 36.1 Å². The smallest absolute Gasteiger partial charge is 0.268 e. The molecule has 0 amide bonds. The van der Waals surface area contributed by atoms with E-state index in [0.717, 1.165) is 28.0 Å². The predicted octanol–water partition coefficient (Wildman–Crippen LogP) is 5.29. The first-order valence-corrected chi connectivity index (χ1v) is 8.96. The van der Waals surface area contributed by atoms with E-state index in [9.17, 15) is 5.11 Å². The molecule has 1 N–H and O–H groups in total. The lowest BCUT2D eigenvalue weighted by Gasteiger charge is -2.04. The number of aryl methyl sites for hydroxylation is 2. The Balaban J connectivity index is 1.96. The van der Waals surface area contributed by atoms with Crippen LogP contribution in [-0.4, -0.2) is 15.2 Å². The van der Waals surface area contributed by atoms with Crippen LogP contribution in [-0.2, 0) is 6.42 Å². The minimum atomic E-state index is 0.315. The van der Waals surface area contributed by atoms with Crippen molar-refractivity contribution in [3.63, 3.8) is 0 Å². The van der Waals surface area contributed by atoms with E-state index in [1.54, 1.807) is 11.3 Å². The Morgan fingerprint density at radius 3 is 2.46 bits per heavy atom. The molecule has 5 heteroatoms. The lowest BCUT2D eigenvalue weighted by Crippen LogP contribution is -1.94. The highest BCUT2D eigenvalue weighted by molar-refractivity contribution is 7.13. The summed E-state index contributed by atoms with van der Waals surface area (Å²) < 4.78 is 5.50. The fourth-order valence-corrected chi connectivity index (χ4v) is 3.85. The lowest BCUT2D eigenvalue weighted by molar-refractivity contribution is 0.433. The summed E-state index contributed by atoms with van der Waals surface area (Å²) in [4.78, 5) is 5.61. The number of hydrogen-bond acceptors (Lipinski definition) is 5. The number of benzene rings is 1. The molecule has 0 fully saturated rings. The average Bonchev–Trinajstić information content (AvgIpc) is 3.12. The Labute approximate surface area is 146 Å². The van der Waals surface area contributed by atoms with Crippen molar-refractivity contribution in [3.8, 4) is 27.9 Å². The Hall–Kier alpha value is -2.14. The minimum absolute atomic E-state index is 0.315. The molecule has 24 heavy (non-hydrogen) atoms. The van der Waals surface area contributed by atoms with E-state index in [1.165, 1.54) is 11.1 Å². The molecule has 2 heterocycles. The number of nitrogens with zero attached hydrogens (tertiary/aromatic N) is 2. The van der Waals surface area contributed by atoms with Gasteiger partial charge in [-0.1, -0.05) is 19.0 Å². The van der Waals surface area contributed by atoms with Crippen LogP contribution in [0.2, 0.25) is 0 Å². The molecule has 0 unspecified atom stereocenters. The van der Waals surface area contributed by atoms with Crippen molar-refractivity contribution in [2.45, 2.75) is 41.0 Å². The van der Waals surface area contributed by atoms with Crippen LogP contribution < -0.4 is 0 Å². The summed E-state index contributed by atoms with van der Waals surface area (Å²) in [7, 11) is 0. The molecular weight excluding hydrogens is 320 g/mol. The summed E-state index contributed by atoms with van der Waals surface area (Å²) >= 11 is 1.65. The normalized spacial score (nSPS) is 11.4. The lowest BCUT2D eigenvalue weighted by atomic mass is 10.0. The molecule has 3 rings (SSSR count). The van der Waals surface area contributed by atoms with E-state index in [4.69, 9.17) is 4.52 Å². The third-order valence-corrected chi connectivity index (χ3v) is 5.26. The van der Waals surface area contributed by atoms with Crippen molar-refractivity contribution in [2.24, 2.45) is 5.92 Å². The first-order chi connectivity index (χ1) is 11.4. The maximum absolute atomic E-state index is 9.91. The molecule has 0 saturated heterocycles. The highest BCUT2D eigenvalue weighted by Gasteiger charge is 2.18. The maximum Gasteiger partial charge on any atom is 0.268 e. The van der Waals surface area contributed by atoms with Gasteiger partial charge in [-0.3, -0.25) is 0 Å². The van der Waals surface area contributed by atoms with E-state index < -0.39 is 0 Å². The van der Waals surface area contributed by atoms with Gasteiger partial charge >= 0.3 is 0 Å². The zero-order valence-corrected chi connectivity index (χ0v) is 15.5. The summed E-state index contributed by atoms with van der Waals surface area (Å²) in [6, 6.07) is 3.75. The Kier molecular flexibility index (Phi) is 4.45. The second kappa shape index (κ2) is 6.40. The molecule has 1 aromatic carbocycles. The second-order valence-corrected chi connectivity index (χ2v) is 7.57. The van der Waals surface area contributed by atoms with Crippen LogP contribution in [0.5, 0.6) is 5.75 Å². The minimum Gasteiger partial charge on any atom is -0.507 e. The second-order valence-electron chi connectivity index (χ2n) is 6.69. The monoisotopic (exact) mass is 342 g/mol. The summed E-state index contributed by atoms with van der Waals surface area (Å²) in [6.45, 7) is 10.3. The van der Waals surface area contributed by atoms with Crippen LogP contribution in [0.15, 0.2) is 22.0 Å². The number of rotatable bonds is 4. The van der Waals surface area contributed by atoms with E-state index in [0.29, 0.717) is 23.4 Å². The van der Waals surface area contributed by atoms with Gasteiger partial charge in [0.2, 0.25) is 5.82 Å². The quantitative estimate of drug-likeness (QED) is 0.699. The molecule has 3 aromatic rings. The molecule has 0 atom stereocenters. The van der Waals surface area contributed by atoms with Gasteiger partial charge in [0.1, 0.15) is 5.75 Å². The van der Waals surface area contributed by atoms with Gasteiger partial charge in [-0.15, -0.1) is 11.3 Å². The van der Waals surface area contributed by atoms with Crippen molar-refractivity contribution in [2.75, 3.05) is 0 Å². The van der Waals surface area contributed by atoms with E-state index in [2.05, 4.69) is 36.3 Å². The van der Waals surface area contributed by atoms with Gasteiger partial charge in [0, 0.05) is 5.56 Å².